The number of rotatable bonds is 6. The second-order valence-electron chi connectivity index (χ2n) is 7.09. The Morgan fingerprint density at radius 3 is 2.47 bits per heavy atom. The molecule has 2 heterocycles. The highest BCUT2D eigenvalue weighted by Crippen LogP contribution is 2.36. The van der Waals surface area contributed by atoms with Crippen molar-refractivity contribution in [3.05, 3.63) is 72.3 Å². The number of thiocarbonyl (C=S) groups is 1. The number of hydrogen-bond donors (Lipinski definition) is 1. The fraction of sp³-hybridized carbons (Fsp3) is 0.125. The molecule has 8 heteroatoms. The molecule has 1 fully saturated rings. The molecule has 1 N–H and O–H groups in total. The molecule has 7 nitrogen and oxygen atoms in total. The number of nitrogens with one attached hydrogen (secondary N) is 1. The molecule has 0 saturated carbocycles. The van der Waals surface area contributed by atoms with Gasteiger partial charge in [0.05, 0.1) is 12.6 Å². The molecule has 1 aliphatic rings. The lowest BCUT2D eigenvalue weighted by molar-refractivity contribution is -0.128. The molecule has 3 aromatic rings. The summed E-state index contributed by atoms with van der Waals surface area (Å²) in [4.78, 5) is 27.0. The van der Waals surface area contributed by atoms with Gasteiger partial charge < -0.3 is 14.0 Å². The number of aryl methyl sites for hydroxylation is 1. The second-order valence-corrected chi connectivity index (χ2v) is 7.48. The van der Waals surface area contributed by atoms with Crippen molar-refractivity contribution in [1.82, 2.24) is 14.8 Å². The summed E-state index contributed by atoms with van der Waals surface area (Å²) in [6, 6.07) is 14.8. The van der Waals surface area contributed by atoms with E-state index in [1.807, 2.05) is 35.9 Å². The molecule has 4 rings (SSSR count). The fourth-order valence-electron chi connectivity index (χ4n) is 3.55. The molecule has 0 atom stereocenters. The van der Waals surface area contributed by atoms with Gasteiger partial charge in [-0.15, -0.1) is 6.58 Å². The van der Waals surface area contributed by atoms with Crippen LogP contribution in [0.4, 0.5) is 0 Å². The van der Waals surface area contributed by atoms with Crippen LogP contribution in [0.1, 0.15) is 5.56 Å². The summed E-state index contributed by atoms with van der Waals surface area (Å²) in [6.07, 6.45) is 3.10. The third kappa shape index (κ3) is 3.76. The smallest absolute Gasteiger partial charge is 0.265 e. The first-order valence-electron chi connectivity index (χ1n) is 9.83. The predicted octanol–water partition coefficient (Wildman–Crippen LogP) is 3.79. The van der Waals surface area contributed by atoms with Gasteiger partial charge in [0.15, 0.2) is 5.11 Å². The third-order valence-corrected chi connectivity index (χ3v) is 5.47. The summed E-state index contributed by atoms with van der Waals surface area (Å²) in [5.41, 5.74) is 1.48. The monoisotopic (exact) mass is 447 g/mol. The quantitative estimate of drug-likeness (QED) is 0.269. The number of ether oxygens (including phenoxy) is 2. The zero-order chi connectivity index (χ0) is 22.8. The van der Waals surface area contributed by atoms with Crippen molar-refractivity contribution >= 4 is 46.1 Å². The topological polar surface area (TPSA) is 72.8 Å². The van der Waals surface area contributed by atoms with Gasteiger partial charge >= 0.3 is 0 Å². The molecule has 1 aliphatic heterocycles. The summed E-state index contributed by atoms with van der Waals surface area (Å²) < 4.78 is 13.3. The molecular formula is C24H21N3O4S. The van der Waals surface area contributed by atoms with E-state index in [-0.39, 0.29) is 17.2 Å². The van der Waals surface area contributed by atoms with Crippen LogP contribution < -0.4 is 14.8 Å². The first-order valence-corrected chi connectivity index (χ1v) is 10.2. The Labute approximate surface area is 190 Å². The van der Waals surface area contributed by atoms with Crippen LogP contribution in [0.5, 0.6) is 17.4 Å². The van der Waals surface area contributed by atoms with Gasteiger partial charge in [0, 0.05) is 24.5 Å². The van der Waals surface area contributed by atoms with Crippen LogP contribution in [0.15, 0.2) is 66.8 Å². The van der Waals surface area contributed by atoms with Crippen LogP contribution in [0, 0.1) is 0 Å². The van der Waals surface area contributed by atoms with Crippen molar-refractivity contribution in [3.8, 4) is 17.4 Å². The van der Waals surface area contributed by atoms with E-state index in [0.717, 1.165) is 10.9 Å². The molecule has 0 bridgehead atoms. The number of hydrogen-bond acceptors (Lipinski definition) is 5. The molecule has 1 saturated heterocycles. The van der Waals surface area contributed by atoms with Gasteiger partial charge in [-0.3, -0.25) is 19.8 Å². The zero-order valence-electron chi connectivity index (χ0n) is 17.6. The van der Waals surface area contributed by atoms with Crippen LogP contribution in [0.2, 0.25) is 0 Å². The number of carbonyl (C=O) groups is 2. The molecule has 0 radical (unpaired) electrons. The first kappa shape index (κ1) is 21.3. The van der Waals surface area contributed by atoms with Crippen LogP contribution in [0.25, 0.3) is 17.0 Å². The lowest BCUT2D eigenvalue weighted by atomic mass is 10.1. The van der Waals surface area contributed by atoms with Crippen LogP contribution >= 0.6 is 12.2 Å². The van der Waals surface area contributed by atoms with E-state index in [2.05, 4.69) is 11.9 Å². The molecule has 32 heavy (non-hydrogen) atoms. The van der Waals surface area contributed by atoms with Gasteiger partial charge in [-0.2, -0.15) is 0 Å². The molecule has 1 aromatic heterocycles. The van der Waals surface area contributed by atoms with Gasteiger partial charge in [0.25, 0.3) is 11.8 Å². The van der Waals surface area contributed by atoms with Crippen molar-refractivity contribution in [3.63, 3.8) is 0 Å². The minimum absolute atomic E-state index is 0.0311. The van der Waals surface area contributed by atoms with Gasteiger partial charge in [0.2, 0.25) is 5.88 Å². The maximum Gasteiger partial charge on any atom is 0.265 e. The number of benzene rings is 2. The number of fused-ring (bicyclic) bond motifs is 1. The Morgan fingerprint density at radius 1 is 1.09 bits per heavy atom. The SMILES string of the molecule is C=CCN1C(=O)C(=Cc2c(Oc3ccc(OC)cc3)n(C)c3ccccc23)C(=O)NC1=S. The molecular weight excluding hydrogens is 426 g/mol. The molecule has 0 aliphatic carbocycles. The van der Waals surface area contributed by atoms with Crippen LogP contribution in [-0.2, 0) is 16.6 Å². The maximum atomic E-state index is 13.0. The van der Waals surface area contributed by atoms with Crippen molar-refractivity contribution in [2.45, 2.75) is 0 Å². The zero-order valence-corrected chi connectivity index (χ0v) is 18.4. The maximum absolute atomic E-state index is 13.0. The Hall–Kier alpha value is -3.91. The predicted molar refractivity (Wildman–Crippen MR) is 127 cm³/mol. The molecule has 0 spiro atoms. The Bertz CT molecular complexity index is 1270. The molecule has 0 unspecified atom stereocenters. The summed E-state index contributed by atoms with van der Waals surface area (Å²) in [7, 11) is 3.46. The van der Waals surface area contributed by atoms with Gasteiger partial charge in [0.1, 0.15) is 17.1 Å². The van der Waals surface area contributed by atoms with Crippen molar-refractivity contribution in [2.24, 2.45) is 7.05 Å². The highest BCUT2D eigenvalue weighted by molar-refractivity contribution is 7.80. The second kappa shape index (κ2) is 8.68. The highest BCUT2D eigenvalue weighted by Gasteiger charge is 2.33. The lowest BCUT2D eigenvalue weighted by Gasteiger charge is -2.27. The largest absolute Gasteiger partial charge is 0.497 e. The number of amides is 2. The summed E-state index contributed by atoms with van der Waals surface area (Å²) >= 11 is 5.14. The van der Waals surface area contributed by atoms with E-state index >= 15 is 0 Å². The fourth-order valence-corrected chi connectivity index (χ4v) is 3.80. The van der Waals surface area contributed by atoms with Crippen LogP contribution in [0.3, 0.4) is 0 Å². The van der Waals surface area contributed by atoms with E-state index in [1.54, 1.807) is 43.5 Å². The van der Waals surface area contributed by atoms with E-state index in [4.69, 9.17) is 21.7 Å². The van der Waals surface area contributed by atoms with E-state index in [1.165, 1.54) is 4.90 Å². The molecule has 162 valence electrons. The van der Waals surface area contributed by atoms with Crippen molar-refractivity contribution in [2.75, 3.05) is 13.7 Å². The average molecular weight is 448 g/mol. The average Bonchev–Trinajstić information content (AvgIpc) is 3.06. The third-order valence-electron chi connectivity index (χ3n) is 5.15. The van der Waals surface area contributed by atoms with Crippen molar-refractivity contribution in [1.29, 1.82) is 0 Å². The van der Waals surface area contributed by atoms with Gasteiger partial charge in [-0.25, -0.2) is 0 Å². The highest BCUT2D eigenvalue weighted by atomic mass is 32.1. The minimum Gasteiger partial charge on any atom is -0.497 e. The number of aromatic nitrogens is 1. The van der Waals surface area contributed by atoms with Crippen LogP contribution in [-0.4, -0.2) is 40.0 Å². The summed E-state index contributed by atoms with van der Waals surface area (Å²) in [5.74, 6) is 0.753. The minimum atomic E-state index is -0.552. The normalized spacial score (nSPS) is 15.2. The Kier molecular flexibility index (Phi) is 5.79. The number of nitrogens with zero attached hydrogens (tertiary/aromatic N) is 2. The Morgan fingerprint density at radius 2 is 1.78 bits per heavy atom. The standard InChI is InChI=1S/C24H21N3O4S/c1-4-13-27-22(29)19(21(28)25-24(27)32)14-18-17-7-5-6-8-20(17)26(2)23(18)31-16-11-9-15(30-3)10-12-16/h4-12,14H,1,13H2,2-3H3,(H,25,28,32). The summed E-state index contributed by atoms with van der Waals surface area (Å²) in [5, 5.41) is 3.47. The number of carbonyl (C=O) groups excluding carboxylic acids is 2. The number of methoxy groups -OCH3 is 1. The molecule has 2 amide bonds. The number of para-hydroxylation sites is 1. The van der Waals surface area contributed by atoms with E-state index in [0.29, 0.717) is 22.9 Å². The summed E-state index contributed by atoms with van der Waals surface area (Å²) in [6.45, 7) is 3.85. The first-order chi connectivity index (χ1) is 15.4. The van der Waals surface area contributed by atoms with Crippen molar-refractivity contribution < 1.29 is 19.1 Å². The van der Waals surface area contributed by atoms with E-state index < -0.39 is 11.8 Å². The van der Waals surface area contributed by atoms with E-state index in [9.17, 15) is 9.59 Å². The van der Waals surface area contributed by atoms with Gasteiger partial charge in [-0.1, -0.05) is 24.3 Å². The molecule has 2 aromatic carbocycles. The lowest BCUT2D eigenvalue weighted by Crippen LogP contribution is -2.53. The van der Waals surface area contributed by atoms with Gasteiger partial charge in [-0.05, 0) is 48.6 Å². The Balaban J connectivity index is 1.84.